The minimum atomic E-state index is 0. The maximum atomic E-state index is 4.35. The van der Waals surface area contributed by atoms with E-state index in [-0.39, 0.29) is 81.4 Å². The summed E-state index contributed by atoms with van der Waals surface area (Å²) in [5.74, 6) is 0. The largest absolute Gasteiger partial charge is 3.00 e. The molecule has 9 rings (SSSR count). The summed E-state index contributed by atoms with van der Waals surface area (Å²) in [6.45, 7) is 0. The van der Waals surface area contributed by atoms with Crippen LogP contribution in [-0.2, 0) is 16.8 Å². The molecule has 0 aliphatic heterocycles. The van der Waals surface area contributed by atoms with Gasteiger partial charge in [0.2, 0.25) is 0 Å². The van der Waals surface area contributed by atoms with Crippen molar-refractivity contribution in [1.29, 1.82) is 0 Å². The first-order valence-corrected chi connectivity index (χ1v) is 13.6. The topological polar surface area (TPSA) is 235 Å². The molecule has 10 N–H and O–H groups in total. The number of nitrogens with zero attached hydrogens (tertiary/aromatic N) is 6. The van der Waals surface area contributed by atoms with E-state index in [0.29, 0.717) is 0 Å². The molecule has 0 aliphatic rings. The van der Waals surface area contributed by atoms with Crippen LogP contribution in [0, 0.1) is 0 Å². The average molecular weight is 796 g/mol. The molecule has 0 saturated carbocycles. The third-order valence-corrected chi connectivity index (χ3v) is 7.03. The monoisotopic (exact) mass is 794 g/mol. The molecular weight excluding hydrogens is 762 g/mol. The molecule has 0 aliphatic carbocycles. The van der Waals surface area contributed by atoms with E-state index in [0.717, 1.165) is 65.4 Å². The Morgan fingerprint density at radius 3 is 0.510 bits per heavy atom. The molecule has 0 saturated heterocycles. The van der Waals surface area contributed by atoms with Gasteiger partial charge in [-0.3, -0.25) is 29.9 Å². The zero-order valence-corrected chi connectivity index (χ0v) is 29.8. The molecule has 0 spiro atoms. The molecule has 6 heterocycles. The summed E-state index contributed by atoms with van der Waals surface area (Å²) in [6, 6.07) is 36.4. The van der Waals surface area contributed by atoms with Crippen LogP contribution in [0.4, 0.5) is 0 Å². The van der Waals surface area contributed by atoms with Crippen LogP contribution in [0.2, 0.25) is 0 Å². The Morgan fingerprint density at radius 1 is 0.235 bits per heavy atom. The molecule has 0 unspecified atom stereocenters. The van der Waals surface area contributed by atoms with Gasteiger partial charge in [0.1, 0.15) is 0 Å². The van der Waals surface area contributed by atoms with Crippen molar-refractivity contribution in [2.75, 3.05) is 0 Å². The third-order valence-electron chi connectivity index (χ3n) is 7.03. The van der Waals surface area contributed by atoms with Crippen molar-refractivity contribution >= 4 is 65.4 Å². The van der Waals surface area contributed by atoms with E-state index >= 15 is 0 Å². The smallest absolute Gasteiger partial charge is 1.00 e. The predicted molar refractivity (Wildman–Crippen MR) is 189 cm³/mol. The standard InChI is InChI=1S/3C12H8N2.3ClH.Co.5H2O/c3*1-3-9-5-6-10-4-2-8-14-12(10)11(9)13-7-1;;;;;;;;;/h3*1-8H;3*1H;;5*1H2/q;;;;;;+3;;;;;/p-3. The molecule has 15 heteroatoms. The average Bonchev–Trinajstić information content (AvgIpc) is 3.09. The van der Waals surface area contributed by atoms with Crippen LogP contribution < -0.4 is 37.2 Å². The van der Waals surface area contributed by atoms with Crippen LogP contribution in [-0.4, -0.2) is 57.3 Å². The van der Waals surface area contributed by atoms with Gasteiger partial charge in [0, 0.05) is 69.5 Å². The van der Waals surface area contributed by atoms with Crippen molar-refractivity contribution in [2.45, 2.75) is 0 Å². The minimum absolute atomic E-state index is 0. The molecule has 268 valence electrons. The predicted octanol–water partition coefficient (Wildman–Crippen LogP) is -4.76. The van der Waals surface area contributed by atoms with Gasteiger partial charge in [-0.05, 0) is 36.4 Å². The summed E-state index contributed by atoms with van der Waals surface area (Å²) in [5, 5.41) is 6.83. The van der Waals surface area contributed by atoms with Gasteiger partial charge >= 0.3 is 16.8 Å². The number of fused-ring (bicyclic) bond motifs is 9. The van der Waals surface area contributed by atoms with E-state index in [1.807, 2.05) is 36.4 Å². The first-order chi connectivity index (χ1) is 20.8. The normalized spacial score (nSPS) is 8.94. The van der Waals surface area contributed by atoms with Gasteiger partial charge in [0.15, 0.2) is 0 Å². The van der Waals surface area contributed by atoms with E-state index in [9.17, 15) is 0 Å². The Morgan fingerprint density at radius 2 is 0.373 bits per heavy atom. The number of pyridine rings is 6. The number of halogens is 3. The molecule has 51 heavy (non-hydrogen) atoms. The van der Waals surface area contributed by atoms with Crippen molar-refractivity contribution < 1.29 is 81.4 Å². The van der Waals surface area contributed by atoms with Crippen LogP contribution >= 0.6 is 0 Å². The summed E-state index contributed by atoms with van der Waals surface area (Å²) < 4.78 is 0. The fourth-order valence-electron chi connectivity index (χ4n) is 5.04. The van der Waals surface area contributed by atoms with Crippen LogP contribution in [0.1, 0.15) is 0 Å². The van der Waals surface area contributed by atoms with Crippen molar-refractivity contribution in [3.63, 3.8) is 0 Å². The number of rotatable bonds is 0. The van der Waals surface area contributed by atoms with Gasteiger partial charge in [0.25, 0.3) is 0 Å². The Bertz CT molecular complexity index is 1950. The summed E-state index contributed by atoms with van der Waals surface area (Å²) in [6.07, 6.45) is 10.8. The number of benzene rings is 3. The second-order valence-corrected chi connectivity index (χ2v) is 9.65. The van der Waals surface area contributed by atoms with E-state index in [4.69, 9.17) is 0 Å². The number of hydrogen-bond acceptors (Lipinski definition) is 6. The van der Waals surface area contributed by atoms with Gasteiger partial charge in [0.05, 0.1) is 33.1 Å². The molecule has 6 aromatic heterocycles. The van der Waals surface area contributed by atoms with Crippen molar-refractivity contribution in [1.82, 2.24) is 29.9 Å². The fraction of sp³-hybridized carbons (Fsp3) is 0. The van der Waals surface area contributed by atoms with Gasteiger partial charge in [-0.1, -0.05) is 72.8 Å². The zero-order valence-electron chi connectivity index (χ0n) is 26.5. The van der Waals surface area contributed by atoms with Gasteiger partial charge in [-0.25, -0.2) is 0 Å². The Labute approximate surface area is 321 Å². The van der Waals surface area contributed by atoms with Crippen LogP contribution in [0.5, 0.6) is 0 Å². The van der Waals surface area contributed by atoms with E-state index in [2.05, 4.69) is 103 Å². The quantitative estimate of drug-likeness (QED) is 0.137. The summed E-state index contributed by atoms with van der Waals surface area (Å²) in [4.78, 5) is 26.1. The summed E-state index contributed by atoms with van der Waals surface area (Å²) >= 11 is 0. The van der Waals surface area contributed by atoms with E-state index < -0.39 is 0 Å². The van der Waals surface area contributed by atoms with Crippen molar-refractivity contribution in [2.24, 2.45) is 0 Å². The zero-order chi connectivity index (χ0) is 28.1. The van der Waals surface area contributed by atoms with Crippen LogP contribution in [0.3, 0.4) is 0 Å². The van der Waals surface area contributed by atoms with Crippen molar-refractivity contribution in [3.05, 3.63) is 146 Å². The second-order valence-electron chi connectivity index (χ2n) is 9.65. The second kappa shape index (κ2) is 23.7. The Kier molecular flexibility index (Phi) is 23.5. The molecule has 0 atom stereocenters. The molecule has 11 nitrogen and oxygen atoms in total. The van der Waals surface area contributed by atoms with Gasteiger partial charge in [-0.2, -0.15) is 0 Å². The maximum absolute atomic E-state index is 4.35. The van der Waals surface area contributed by atoms with Crippen molar-refractivity contribution in [3.8, 4) is 0 Å². The first-order valence-electron chi connectivity index (χ1n) is 13.6. The van der Waals surface area contributed by atoms with E-state index in [1.54, 1.807) is 37.2 Å². The van der Waals surface area contributed by atoms with Crippen LogP contribution in [0.25, 0.3) is 65.4 Å². The Hall–Kier alpha value is -4.70. The van der Waals surface area contributed by atoms with Gasteiger partial charge in [-0.15, -0.1) is 0 Å². The molecule has 0 fully saturated rings. The van der Waals surface area contributed by atoms with Crippen LogP contribution in [0.15, 0.2) is 146 Å². The Balaban J connectivity index is -0.000000623. The number of hydrogen-bond donors (Lipinski definition) is 0. The number of aromatic nitrogens is 6. The molecule has 3 aromatic carbocycles. The maximum Gasteiger partial charge on any atom is 3.00 e. The fourth-order valence-corrected chi connectivity index (χ4v) is 5.04. The minimum Gasteiger partial charge on any atom is -1.00 e. The molecule has 9 aromatic rings. The first kappa shape index (κ1) is 50.7. The molecule has 0 amide bonds. The third kappa shape index (κ3) is 10.9. The molecule has 0 radical (unpaired) electrons. The molecular formula is C36H34Cl3CoN6O5. The molecule has 0 bridgehead atoms. The van der Waals surface area contributed by atoms with E-state index in [1.165, 1.54) is 0 Å². The van der Waals surface area contributed by atoms with Gasteiger partial charge < -0.3 is 64.6 Å². The summed E-state index contributed by atoms with van der Waals surface area (Å²) in [5.41, 5.74) is 5.86. The SMILES string of the molecule is O.O.O.O.O.[Cl-].[Cl-].[Cl-].[Co+3].c1cnc2c(c1)ccc1cccnc12.c1cnc2c(c1)ccc1cccnc12.c1cnc2c(c1)ccc1cccnc12. The summed E-state index contributed by atoms with van der Waals surface area (Å²) in [7, 11) is 0.